The van der Waals surface area contributed by atoms with Crippen molar-refractivity contribution in [3.8, 4) is 22.3 Å². The van der Waals surface area contributed by atoms with Crippen LogP contribution in [-0.4, -0.2) is 7.05 Å². The molecule has 1 aromatic heterocycles. The fraction of sp³-hybridized carbons (Fsp3) is 0.143. The maximum absolute atomic E-state index is 6.65. The van der Waals surface area contributed by atoms with E-state index < -0.39 is 0 Å². The van der Waals surface area contributed by atoms with Gasteiger partial charge in [-0.25, -0.2) is 0 Å². The minimum atomic E-state index is 0.844. The Morgan fingerprint density at radius 2 is 0.427 bits per heavy atom. The van der Waals surface area contributed by atoms with Gasteiger partial charge in [0.25, 0.3) is 0 Å². The van der Waals surface area contributed by atoms with Gasteiger partial charge in [0.05, 0.1) is 0 Å². The third-order valence-corrected chi connectivity index (χ3v) is 17.1. The lowest BCUT2D eigenvalue weighted by molar-refractivity contribution is 0.669. The van der Waals surface area contributed by atoms with E-state index in [-0.39, 0.29) is 0 Å². The van der Waals surface area contributed by atoms with Crippen molar-refractivity contribution in [3.05, 3.63) is 280 Å². The van der Waals surface area contributed by atoms with Crippen LogP contribution < -0.4 is 19.6 Å². The first-order valence-electron chi connectivity index (χ1n) is 28.5. The zero-order chi connectivity index (χ0) is 56.9. The van der Waals surface area contributed by atoms with Crippen LogP contribution in [0.3, 0.4) is 0 Å². The number of hydrogen-bond acceptors (Lipinski definition) is 5. The molecule has 0 saturated carbocycles. The van der Waals surface area contributed by atoms with Crippen molar-refractivity contribution in [2.24, 2.45) is 0 Å². The molecule has 12 aromatic rings. The number of hydrogen-bond donors (Lipinski definition) is 0. The molecule has 0 amide bonds. The number of rotatable bonds is 13. The summed E-state index contributed by atoms with van der Waals surface area (Å²) >= 11 is 0. The van der Waals surface area contributed by atoms with Gasteiger partial charge < -0.3 is 24.0 Å². The Bertz CT molecular complexity index is 4290. The van der Waals surface area contributed by atoms with Gasteiger partial charge in [-0.2, -0.15) is 0 Å². The van der Waals surface area contributed by atoms with E-state index in [1.165, 1.54) is 66.9 Å². The van der Waals surface area contributed by atoms with Gasteiger partial charge in [-0.15, -0.1) is 0 Å². The van der Waals surface area contributed by atoms with E-state index in [9.17, 15) is 0 Å². The molecule has 11 aromatic carbocycles. The summed E-state index contributed by atoms with van der Waals surface area (Å²) in [7, 11) is 2.13. The Kier molecular flexibility index (Phi) is 14.1. The van der Waals surface area contributed by atoms with Gasteiger partial charge in [-0.05, 0) is 293 Å². The summed E-state index contributed by atoms with van der Waals surface area (Å²) in [6.45, 7) is 21.8. The summed E-state index contributed by atoms with van der Waals surface area (Å²) in [4.78, 5) is 9.34. The zero-order valence-corrected chi connectivity index (χ0v) is 49.1. The number of benzene rings is 11. The molecule has 0 bridgehead atoms. The monoisotopic (exact) mass is 1070 g/mol. The molecule has 0 N–H and O–H groups in total. The van der Waals surface area contributed by atoms with E-state index in [0.29, 0.717) is 0 Å². The van der Waals surface area contributed by atoms with Crippen molar-refractivity contribution in [2.45, 2.75) is 69.2 Å². The van der Waals surface area contributed by atoms with Crippen LogP contribution >= 0.6 is 0 Å². The highest BCUT2D eigenvalue weighted by Gasteiger charge is 2.21. The van der Waals surface area contributed by atoms with Crippen molar-refractivity contribution in [1.82, 2.24) is 0 Å². The summed E-state index contributed by atoms with van der Waals surface area (Å²) in [6.07, 6.45) is 0. The van der Waals surface area contributed by atoms with Gasteiger partial charge >= 0.3 is 0 Å². The van der Waals surface area contributed by atoms with Gasteiger partial charge in [-0.1, -0.05) is 78.9 Å². The van der Waals surface area contributed by atoms with Crippen molar-refractivity contribution in [1.29, 1.82) is 0 Å². The van der Waals surface area contributed by atoms with Crippen LogP contribution in [0.1, 0.15) is 55.6 Å². The summed E-state index contributed by atoms with van der Waals surface area (Å²) in [6, 6.07) is 82.6. The summed E-state index contributed by atoms with van der Waals surface area (Å²) < 4.78 is 6.65. The summed E-state index contributed by atoms with van der Waals surface area (Å²) in [5, 5.41) is 2.11. The van der Waals surface area contributed by atoms with Crippen LogP contribution in [0.2, 0.25) is 0 Å². The number of aryl methyl sites for hydroxylation is 10. The Morgan fingerprint density at radius 1 is 0.207 bits per heavy atom. The number of furan rings is 1. The molecule has 0 unspecified atom stereocenters. The van der Waals surface area contributed by atoms with E-state index in [1.54, 1.807) is 0 Å². The highest BCUT2D eigenvalue weighted by Crippen LogP contribution is 2.44. The van der Waals surface area contributed by atoms with Crippen LogP contribution in [0, 0.1) is 69.2 Å². The van der Waals surface area contributed by atoms with Crippen molar-refractivity contribution < 1.29 is 4.42 Å². The van der Waals surface area contributed by atoms with Crippen LogP contribution in [0.4, 0.5) is 62.6 Å². The molecule has 0 spiro atoms. The molecule has 0 radical (unpaired) electrons. The second-order valence-electron chi connectivity index (χ2n) is 22.6. The third-order valence-electron chi connectivity index (χ3n) is 17.1. The van der Waals surface area contributed by atoms with E-state index in [1.807, 2.05) is 0 Å². The van der Waals surface area contributed by atoms with Crippen molar-refractivity contribution in [3.63, 3.8) is 0 Å². The van der Waals surface area contributed by atoms with E-state index in [0.717, 1.165) is 95.5 Å². The lowest BCUT2D eigenvalue weighted by Gasteiger charge is -2.27. The molecule has 404 valence electrons. The molecule has 0 saturated heterocycles. The smallest absolute Gasteiger partial charge is 0.135 e. The molecule has 5 heteroatoms. The molecule has 82 heavy (non-hydrogen) atoms. The maximum Gasteiger partial charge on any atom is 0.135 e. The predicted molar refractivity (Wildman–Crippen MR) is 351 cm³/mol. The van der Waals surface area contributed by atoms with Crippen LogP contribution in [0.5, 0.6) is 0 Å². The third kappa shape index (κ3) is 10.3. The second-order valence-corrected chi connectivity index (χ2v) is 22.6. The molecule has 12 rings (SSSR count). The molecule has 1 heterocycles. The van der Waals surface area contributed by atoms with E-state index in [2.05, 4.69) is 320 Å². The number of fused-ring (bicyclic) bond motifs is 3. The van der Waals surface area contributed by atoms with Gasteiger partial charge in [0.1, 0.15) is 11.2 Å². The highest BCUT2D eigenvalue weighted by molar-refractivity contribution is 6.08. The zero-order valence-electron chi connectivity index (χ0n) is 49.1. The Labute approximate surface area is 484 Å². The number of anilines is 11. The quantitative estimate of drug-likeness (QED) is 0.115. The fourth-order valence-electron chi connectivity index (χ4n) is 11.2. The van der Waals surface area contributed by atoms with Crippen molar-refractivity contribution >= 4 is 84.5 Å². The van der Waals surface area contributed by atoms with E-state index in [4.69, 9.17) is 4.42 Å². The lowest BCUT2D eigenvalue weighted by Crippen LogP contribution is -2.11. The fourth-order valence-corrected chi connectivity index (χ4v) is 11.2. The van der Waals surface area contributed by atoms with Gasteiger partial charge in [0.2, 0.25) is 0 Å². The standard InChI is InChI=1S/C77H70N4O/c1-49-12-25-67(42-54(49)6)78(11)63-30-17-59(18-31-63)60-21-34-65(35-22-60)80(70-28-15-52(4)57(9)45-70)72-38-40-76-74(47-72)75-48-73(39-41-77(75)82-76)81(71-29-16-53(5)58(10)46-71)66-36-23-62(24-37-66)61-19-32-64(33-20-61)79(68-26-13-50(2)55(7)43-68)69-27-14-51(3)56(8)44-69/h12-48H,1-11H3. The first-order chi connectivity index (χ1) is 39.6. The van der Waals surface area contributed by atoms with Crippen molar-refractivity contribution in [2.75, 3.05) is 26.6 Å². The van der Waals surface area contributed by atoms with Gasteiger partial charge in [-0.3, -0.25) is 0 Å². The minimum Gasteiger partial charge on any atom is -0.456 e. The predicted octanol–water partition coefficient (Wildman–Crippen LogP) is 22.2. The first kappa shape index (κ1) is 53.1. The summed E-state index contributed by atoms with van der Waals surface area (Å²) in [5.41, 5.74) is 31.2. The summed E-state index contributed by atoms with van der Waals surface area (Å²) in [5.74, 6) is 0. The minimum absolute atomic E-state index is 0.844. The largest absolute Gasteiger partial charge is 0.456 e. The molecule has 0 aliphatic heterocycles. The molecule has 0 fully saturated rings. The Balaban J connectivity index is 0.876. The SMILES string of the molecule is Cc1ccc(N(C)c2ccc(-c3ccc(N(c4ccc(C)c(C)c4)c4ccc5oc6ccc(N(c7ccc(-c8ccc(N(c9ccc(C)c(C)c9)c9ccc(C)c(C)c9)cc8)cc7)c7ccc(C)c(C)c7)cc6c5c4)cc3)cc2)cc1C. The van der Waals surface area contributed by atoms with Gasteiger partial charge in [0.15, 0.2) is 0 Å². The molecule has 0 aliphatic carbocycles. The first-order valence-corrected chi connectivity index (χ1v) is 28.5. The Morgan fingerprint density at radius 3 is 0.707 bits per heavy atom. The second kappa shape index (κ2) is 21.8. The normalized spacial score (nSPS) is 11.4. The Hall–Kier alpha value is -9.58. The lowest BCUT2D eigenvalue weighted by atomic mass is 10.0. The maximum atomic E-state index is 6.65. The number of nitrogens with zero attached hydrogens (tertiary/aromatic N) is 4. The molecule has 5 nitrogen and oxygen atoms in total. The average Bonchev–Trinajstić information content (AvgIpc) is 3.50. The highest BCUT2D eigenvalue weighted by atomic mass is 16.3. The molecule has 0 atom stereocenters. The van der Waals surface area contributed by atoms with Crippen LogP contribution in [0.25, 0.3) is 44.2 Å². The van der Waals surface area contributed by atoms with Gasteiger partial charge in [0, 0.05) is 80.4 Å². The molecular weight excluding hydrogens is 997 g/mol. The molecular formula is C77H70N4O. The van der Waals surface area contributed by atoms with Crippen LogP contribution in [-0.2, 0) is 0 Å². The topological polar surface area (TPSA) is 26.1 Å². The average molecular weight is 1070 g/mol. The molecule has 0 aliphatic rings. The van der Waals surface area contributed by atoms with Crippen LogP contribution in [0.15, 0.2) is 229 Å². The van der Waals surface area contributed by atoms with E-state index >= 15 is 0 Å².